The lowest BCUT2D eigenvalue weighted by atomic mass is 10.0. The van der Waals surface area contributed by atoms with Crippen molar-refractivity contribution >= 4 is 43.7 Å². The molecule has 3 heterocycles. The highest BCUT2D eigenvalue weighted by atomic mass is 16.3. The van der Waals surface area contributed by atoms with Crippen LogP contribution in [0.3, 0.4) is 0 Å². The summed E-state index contributed by atoms with van der Waals surface area (Å²) in [4.78, 5) is 15.4. The van der Waals surface area contributed by atoms with Crippen molar-refractivity contribution in [2.24, 2.45) is 0 Å². The number of benzene rings is 8. The molecule has 8 aromatic carbocycles. The molecule has 11 rings (SSSR count). The number of nitrogens with zero attached hydrogens (tertiary/aromatic N) is 4. The van der Waals surface area contributed by atoms with Gasteiger partial charge in [-0.25, -0.2) is 15.0 Å². The molecule has 262 valence electrons. The van der Waals surface area contributed by atoms with E-state index in [9.17, 15) is 0 Å². The lowest BCUT2D eigenvalue weighted by molar-refractivity contribution is 0.670. The molecule has 0 saturated carbocycles. The van der Waals surface area contributed by atoms with Gasteiger partial charge in [-0.2, -0.15) is 0 Å². The first-order chi connectivity index (χ1) is 27.7. The van der Waals surface area contributed by atoms with Crippen molar-refractivity contribution in [3.05, 3.63) is 194 Å². The second-order valence-corrected chi connectivity index (χ2v) is 14.0. The number of furan rings is 1. The van der Waals surface area contributed by atoms with Crippen LogP contribution in [-0.2, 0) is 0 Å². The number of para-hydroxylation sites is 3. The molecule has 0 aliphatic rings. The molecule has 5 nitrogen and oxygen atoms in total. The minimum absolute atomic E-state index is 0.552. The predicted octanol–water partition coefficient (Wildman–Crippen LogP) is 13.2. The van der Waals surface area contributed by atoms with E-state index in [1.54, 1.807) is 0 Å². The Morgan fingerprint density at radius 2 is 0.893 bits per heavy atom. The molecule has 56 heavy (non-hydrogen) atoms. The number of fused-ring (bicyclic) bond motifs is 6. The zero-order valence-electron chi connectivity index (χ0n) is 30.2. The summed E-state index contributed by atoms with van der Waals surface area (Å²) in [7, 11) is 0. The van der Waals surface area contributed by atoms with Gasteiger partial charge in [0.25, 0.3) is 0 Å². The normalized spacial score (nSPS) is 11.6. The Bertz CT molecular complexity index is 3220. The second kappa shape index (κ2) is 13.0. The van der Waals surface area contributed by atoms with Gasteiger partial charge in [-0.3, -0.25) is 0 Å². The molecule has 0 atom stereocenters. The average Bonchev–Trinajstić information content (AvgIpc) is 3.81. The van der Waals surface area contributed by atoms with Crippen LogP contribution in [0.25, 0.3) is 106 Å². The van der Waals surface area contributed by atoms with Crippen LogP contribution in [0.4, 0.5) is 0 Å². The summed E-state index contributed by atoms with van der Waals surface area (Å²) < 4.78 is 9.17. The van der Waals surface area contributed by atoms with Crippen molar-refractivity contribution in [1.29, 1.82) is 0 Å². The Hall–Kier alpha value is -7.63. The SMILES string of the molecule is c1ccc(-c2ccc(-c3nc(-c4cccc(-c5ccccc5)c4)nc(-c4cccc5c4oc4cc6c(cc45)c4ccccc4n6-c4ccccc4)n3)cc2)cc1. The van der Waals surface area contributed by atoms with E-state index in [0.717, 1.165) is 77.6 Å². The summed E-state index contributed by atoms with van der Waals surface area (Å²) in [6.45, 7) is 0. The fraction of sp³-hybridized carbons (Fsp3) is 0. The van der Waals surface area contributed by atoms with E-state index in [-0.39, 0.29) is 0 Å². The summed E-state index contributed by atoms with van der Waals surface area (Å²) in [5.74, 6) is 1.74. The van der Waals surface area contributed by atoms with E-state index in [2.05, 4.69) is 174 Å². The van der Waals surface area contributed by atoms with E-state index in [1.807, 2.05) is 24.3 Å². The molecule has 5 heteroatoms. The van der Waals surface area contributed by atoms with Crippen LogP contribution >= 0.6 is 0 Å². The quantitative estimate of drug-likeness (QED) is 0.172. The molecule has 0 aliphatic carbocycles. The van der Waals surface area contributed by atoms with Crippen LogP contribution in [0, 0.1) is 0 Å². The molecule has 0 saturated heterocycles. The van der Waals surface area contributed by atoms with Gasteiger partial charge < -0.3 is 8.98 Å². The maximum Gasteiger partial charge on any atom is 0.167 e. The Morgan fingerprint density at radius 1 is 0.339 bits per heavy atom. The second-order valence-electron chi connectivity index (χ2n) is 14.0. The fourth-order valence-corrected chi connectivity index (χ4v) is 7.96. The standard InChI is InChI=1S/C51H32N4O/c1-4-14-33(15-5-1)35-26-28-36(29-27-35)49-52-50(38-19-12-18-37(30-38)34-16-6-2-7-17-34)54-51(53-49)42-24-13-23-41-44-31-43-40-22-10-11-25-45(40)55(39-20-8-3-9-21-39)46(43)32-47(44)56-48(41)42/h1-32H. The highest BCUT2D eigenvalue weighted by Crippen LogP contribution is 2.41. The molecule has 0 unspecified atom stereocenters. The molecule has 0 amide bonds. The van der Waals surface area contributed by atoms with Gasteiger partial charge in [0.2, 0.25) is 0 Å². The third kappa shape index (κ3) is 5.37. The van der Waals surface area contributed by atoms with E-state index in [4.69, 9.17) is 19.4 Å². The molecule has 0 spiro atoms. The highest BCUT2D eigenvalue weighted by molar-refractivity contribution is 6.18. The van der Waals surface area contributed by atoms with Crippen molar-refractivity contribution < 1.29 is 4.42 Å². The zero-order valence-corrected chi connectivity index (χ0v) is 30.2. The number of rotatable bonds is 6. The lowest BCUT2D eigenvalue weighted by Gasteiger charge is -2.10. The molecular formula is C51H32N4O. The summed E-state index contributed by atoms with van der Waals surface area (Å²) in [5, 5.41) is 4.43. The molecule has 0 bridgehead atoms. The maximum absolute atomic E-state index is 6.85. The molecule has 3 aromatic heterocycles. The maximum atomic E-state index is 6.85. The van der Waals surface area contributed by atoms with Gasteiger partial charge in [0, 0.05) is 44.4 Å². The minimum Gasteiger partial charge on any atom is -0.455 e. The third-order valence-electron chi connectivity index (χ3n) is 10.7. The van der Waals surface area contributed by atoms with Crippen LogP contribution in [0.5, 0.6) is 0 Å². The molecule has 0 fully saturated rings. The Balaban J connectivity index is 1.11. The first-order valence-electron chi connectivity index (χ1n) is 18.8. The number of aromatic nitrogens is 4. The van der Waals surface area contributed by atoms with Crippen LogP contribution in [0.1, 0.15) is 0 Å². The van der Waals surface area contributed by atoms with Crippen molar-refractivity contribution in [3.8, 4) is 62.1 Å². The van der Waals surface area contributed by atoms with Gasteiger partial charge in [-0.05, 0) is 58.7 Å². The van der Waals surface area contributed by atoms with E-state index < -0.39 is 0 Å². The Kier molecular flexibility index (Phi) is 7.42. The summed E-state index contributed by atoms with van der Waals surface area (Å²) in [6, 6.07) is 67.4. The van der Waals surface area contributed by atoms with Crippen LogP contribution in [0.2, 0.25) is 0 Å². The van der Waals surface area contributed by atoms with Crippen molar-refractivity contribution in [3.63, 3.8) is 0 Å². The Morgan fingerprint density at radius 3 is 1.66 bits per heavy atom. The van der Waals surface area contributed by atoms with Gasteiger partial charge in [0.1, 0.15) is 11.2 Å². The smallest absolute Gasteiger partial charge is 0.167 e. The molecule has 0 aliphatic heterocycles. The van der Waals surface area contributed by atoms with Gasteiger partial charge in [-0.15, -0.1) is 0 Å². The number of hydrogen-bond donors (Lipinski definition) is 0. The average molecular weight is 717 g/mol. The van der Waals surface area contributed by atoms with Crippen LogP contribution in [0.15, 0.2) is 199 Å². The third-order valence-corrected chi connectivity index (χ3v) is 10.7. The largest absolute Gasteiger partial charge is 0.455 e. The van der Waals surface area contributed by atoms with Gasteiger partial charge in [0.05, 0.1) is 16.6 Å². The van der Waals surface area contributed by atoms with Gasteiger partial charge >= 0.3 is 0 Å². The lowest BCUT2D eigenvalue weighted by Crippen LogP contribution is -2.00. The van der Waals surface area contributed by atoms with Crippen LogP contribution < -0.4 is 0 Å². The predicted molar refractivity (Wildman–Crippen MR) is 229 cm³/mol. The van der Waals surface area contributed by atoms with E-state index in [1.165, 1.54) is 10.8 Å². The van der Waals surface area contributed by atoms with E-state index >= 15 is 0 Å². The first-order valence-corrected chi connectivity index (χ1v) is 18.8. The molecular weight excluding hydrogens is 685 g/mol. The van der Waals surface area contributed by atoms with Crippen molar-refractivity contribution in [1.82, 2.24) is 19.5 Å². The molecule has 0 N–H and O–H groups in total. The van der Waals surface area contributed by atoms with Gasteiger partial charge in [0.15, 0.2) is 17.5 Å². The summed E-state index contributed by atoms with van der Waals surface area (Å²) in [6.07, 6.45) is 0. The highest BCUT2D eigenvalue weighted by Gasteiger charge is 2.20. The molecule has 11 aromatic rings. The van der Waals surface area contributed by atoms with Crippen molar-refractivity contribution in [2.45, 2.75) is 0 Å². The van der Waals surface area contributed by atoms with E-state index in [0.29, 0.717) is 17.5 Å². The topological polar surface area (TPSA) is 56.7 Å². The van der Waals surface area contributed by atoms with Crippen LogP contribution in [-0.4, -0.2) is 19.5 Å². The summed E-state index contributed by atoms with van der Waals surface area (Å²) in [5.41, 5.74) is 12.0. The van der Waals surface area contributed by atoms with Crippen molar-refractivity contribution in [2.75, 3.05) is 0 Å². The van der Waals surface area contributed by atoms with Gasteiger partial charge in [-0.1, -0.05) is 152 Å². The zero-order chi connectivity index (χ0) is 37.0. The monoisotopic (exact) mass is 716 g/mol. The summed E-state index contributed by atoms with van der Waals surface area (Å²) >= 11 is 0. The minimum atomic E-state index is 0.552. The Labute approximate surface area is 322 Å². The number of hydrogen-bond acceptors (Lipinski definition) is 4. The first kappa shape index (κ1) is 31.9. The fourth-order valence-electron chi connectivity index (χ4n) is 7.96. The molecule has 0 radical (unpaired) electrons.